The standard InChI is InChI=1S/C14H12Cl2N2O/c1-9(10-2-4-11(15)5-3-10)18-14(19)12-8-17-7-6-13(12)16/h2-9H,1H3,(H,18,19). The van der Waals surface area contributed by atoms with Crippen LogP contribution in [0.2, 0.25) is 10.0 Å². The lowest BCUT2D eigenvalue weighted by atomic mass is 10.1. The van der Waals surface area contributed by atoms with Crippen molar-refractivity contribution < 1.29 is 4.79 Å². The second-order valence-electron chi connectivity index (χ2n) is 4.10. The molecule has 3 nitrogen and oxygen atoms in total. The van der Waals surface area contributed by atoms with Crippen molar-refractivity contribution in [1.29, 1.82) is 0 Å². The molecular weight excluding hydrogens is 283 g/mol. The first kappa shape index (κ1) is 13.8. The van der Waals surface area contributed by atoms with E-state index in [0.29, 0.717) is 15.6 Å². The molecule has 0 saturated heterocycles. The van der Waals surface area contributed by atoms with E-state index >= 15 is 0 Å². The molecule has 1 unspecified atom stereocenters. The molecule has 0 aliphatic carbocycles. The monoisotopic (exact) mass is 294 g/mol. The minimum atomic E-state index is -0.249. The lowest BCUT2D eigenvalue weighted by Crippen LogP contribution is -2.26. The molecule has 0 spiro atoms. The molecular formula is C14H12Cl2N2O. The molecule has 0 fully saturated rings. The average Bonchev–Trinajstić information content (AvgIpc) is 2.39. The van der Waals surface area contributed by atoms with Crippen molar-refractivity contribution in [3.8, 4) is 0 Å². The van der Waals surface area contributed by atoms with Gasteiger partial charge in [0.25, 0.3) is 5.91 Å². The third kappa shape index (κ3) is 3.46. The number of nitrogens with zero attached hydrogens (tertiary/aromatic N) is 1. The predicted molar refractivity (Wildman–Crippen MR) is 76.6 cm³/mol. The molecule has 1 atom stereocenters. The van der Waals surface area contributed by atoms with Crippen LogP contribution in [0.25, 0.3) is 0 Å². The quantitative estimate of drug-likeness (QED) is 0.933. The normalized spacial score (nSPS) is 11.9. The van der Waals surface area contributed by atoms with E-state index < -0.39 is 0 Å². The second-order valence-corrected chi connectivity index (χ2v) is 4.95. The number of pyridine rings is 1. The lowest BCUT2D eigenvalue weighted by Gasteiger charge is -2.14. The van der Waals surface area contributed by atoms with Crippen LogP contribution in [0.5, 0.6) is 0 Å². The maximum Gasteiger partial charge on any atom is 0.254 e. The maximum atomic E-state index is 12.1. The first-order chi connectivity index (χ1) is 9.08. The van der Waals surface area contributed by atoms with Crippen molar-refractivity contribution in [3.63, 3.8) is 0 Å². The van der Waals surface area contributed by atoms with Crippen LogP contribution in [-0.4, -0.2) is 10.9 Å². The Balaban J connectivity index is 2.11. The van der Waals surface area contributed by atoms with Gasteiger partial charge in [0.2, 0.25) is 0 Å². The number of carbonyl (C=O) groups is 1. The fourth-order valence-corrected chi connectivity index (χ4v) is 1.97. The average molecular weight is 295 g/mol. The molecule has 0 aliphatic rings. The highest BCUT2D eigenvalue weighted by Gasteiger charge is 2.14. The van der Waals surface area contributed by atoms with Crippen molar-refractivity contribution in [2.24, 2.45) is 0 Å². The van der Waals surface area contributed by atoms with Gasteiger partial charge in [-0.3, -0.25) is 9.78 Å². The van der Waals surface area contributed by atoms with Crippen molar-refractivity contribution in [2.75, 3.05) is 0 Å². The van der Waals surface area contributed by atoms with Gasteiger partial charge in [-0.25, -0.2) is 0 Å². The molecule has 0 radical (unpaired) electrons. The number of amides is 1. The van der Waals surface area contributed by atoms with Crippen molar-refractivity contribution in [2.45, 2.75) is 13.0 Å². The number of rotatable bonds is 3. The van der Waals surface area contributed by atoms with Gasteiger partial charge in [-0.05, 0) is 30.7 Å². The van der Waals surface area contributed by atoms with Crippen LogP contribution in [0.4, 0.5) is 0 Å². The predicted octanol–water partition coefficient (Wildman–Crippen LogP) is 3.88. The Kier molecular flexibility index (Phi) is 4.40. The van der Waals surface area contributed by atoms with E-state index in [1.165, 1.54) is 6.20 Å². The van der Waals surface area contributed by atoms with Gasteiger partial charge in [-0.15, -0.1) is 0 Å². The Morgan fingerprint density at radius 3 is 2.53 bits per heavy atom. The summed E-state index contributed by atoms with van der Waals surface area (Å²) < 4.78 is 0. The van der Waals surface area contributed by atoms with E-state index in [4.69, 9.17) is 23.2 Å². The summed E-state index contributed by atoms with van der Waals surface area (Å²) in [7, 11) is 0. The van der Waals surface area contributed by atoms with E-state index in [1.54, 1.807) is 24.4 Å². The van der Waals surface area contributed by atoms with E-state index in [1.807, 2.05) is 19.1 Å². The molecule has 98 valence electrons. The Labute approximate surface area is 121 Å². The zero-order valence-corrected chi connectivity index (χ0v) is 11.7. The van der Waals surface area contributed by atoms with E-state index in [9.17, 15) is 4.79 Å². The van der Waals surface area contributed by atoms with Gasteiger partial charge in [0.05, 0.1) is 16.6 Å². The Morgan fingerprint density at radius 1 is 1.21 bits per heavy atom. The number of nitrogens with one attached hydrogen (secondary N) is 1. The molecule has 2 aromatic rings. The largest absolute Gasteiger partial charge is 0.345 e. The summed E-state index contributed by atoms with van der Waals surface area (Å²) in [5, 5.41) is 3.92. The van der Waals surface area contributed by atoms with Crippen LogP contribution in [-0.2, 0) is 0 Å². The Hall–Kier alpha value is -1.58. The Morgan fingerprint density at radius 2 is 1.89 bits per heavy atom. The second kappa shape index (κ2) is 6.04. The number of hydrogen-bond donors (Lipinski definition) is 1. The molecule has 1 aromatic carbocycles. The number of carbonyl (C=O) groups excluding carboxylic acids is 1. The molecule has 19 heavy (non-hydrogen) atoms. The summed E-state index contributed by atoms with van der Waals surface area (Å²) in [5.41, 5.74) is 1.34. The van der Waals surface area contributed by atoms with Crippen LogP contribution >= 0.6 is 23.2 Å². The number of benzene rings is 1. The molecule has 1 N–H and O–H groups in total. The van der Waals surface area contributed by atoms with Crippen LogP contribution < -0.4 is 5.32 Å². The molecule has 0 aliphatic heterocycles. The highest BCUT2D eigenvalue weighted by atomic mass is 35.5. The van der Waals surface area contributed by atoms with Crippen LogP contribution in [0.3, 0.4) is 0 Å². The molecule has 0 saturated carbocycles. The summed E-state index contributed by atoms with van der Waals surface area (Å²) in [6.07, 6.45) is 2.99. The van der Waals surface area contributed by atoms with Crippen LogP contribution in [0, 0.1) is 0 Å². The maximum absolute atomic E-state index is 12.1. The van der Waals surface area contributed by atoms with Crippen LogP contribution in [0.15, 0.2) is 42.7 Å². The number of halogens is 2. The van der Waals surface area contributed by atoms with E-state index in [2.05, 4.69) is 10.3 Å². The minimum Gasteiger partial charge on any atom is -0.345 e. The zero-order valence-electron chi connectivity index (χ0n) is 10.2. The molecule has 5 heteroatoms. The summed E-state index contributed by atoms with van der Waals surface area (Å²) in [6.45, 7) is 1.89. The summed E-state index contributed by atoms with van der Waals surface area (Å²) in [6, 6.07) is 8.77. The number of hydrogen-bond acceptors (Lipinski definition) is 2. The van der Waals surface area contributed by atoms with Gasteiger partial charge in [-0.1, -0.05) is 35.3 Å². The van der Waals surface area contributed by atoms with Gasteiger partial charge in [0.1, 0.15) is 0 Å². The SMILES string of the molecule is CC(NC(=O)c1cnccc1Cl)c1ccc(Cl)cc1. The topological polar surface area (TPSA) is 42.0 Å². The minimum absolute atomic E-state index is 0.138. The van der Waals surface area contributed by atoms with Crippen molar-refractivity contribution >= 4 is 29.1 Å². The molecule has 1 heterocycles. The first-order valence-corrected chi connectivity index (χ1v) is 6.49. The van der Waals surface area contributed by atoms with E-state index in [-0.39, 0.29) is 11.9 Å². The van der Waals surface area contributed by atoms with Crippen molar-refractivity contribution in [1.82, 2.24) is 10.3 Å². The van der Waals surface area contributed by atoms with Gasteiger partial charge in [-0.2, -0.15) is 0 Å². The van der Waals surface area contributed by atoms with Crippen LogP contribution in [0.1, 0.15) is 28.9 Å². The molecule has 1 aromatic heterocycles. The highest BCUT2D eigenvalue weighted by molar-refractivity contribution is 6.33. The van der Waals surface area contributed by atoms with Gasteiger partial charge >= 0.3 is 0 Å². The lowest BCUT2D eigenvalue weighted by molar-refractivity contribution is 0.0939. The summed E-state index contributed by atoms with van der Waals surface area (Å²) in [5.74, 6) is -0.249. The van der Waals surface area contributed by atoms with Crippen molar-refractivity contribution in [3.05, 3.63) is 63.9 Å². The van der Waals surface area contributed by atoms with Gasteiger partial charge in [0, 0.05) is 17.4 Å². The fourth-order valence-electron chi connectivity index (χ4n) is 1.65. The molecule has 2 rings (SSSR count). The third-order valence-electron chi connectivity index (χ3n) is 2.73. The first-order valence-electron chi connectivity index (χ1n) is 5.74. The molecule has 0 bridgehead atoms. The fraction of sp³-hybridized carbons (Fsp3) is 0.143. The number of aromatic nitrogens is 1. The Bertz CT molecular complexity index is 584. The molecule has 1 amide bonds. The highest BCUT2D eigenvalue weighted by Crippen LogP contribution is 2.18. The third-order valence-corrected chi connectivity index (χ3v) is 3.31. The van der Waals surface area contributed by atoms with E-state index in [0.717, 1.165) is 5.56 Å². The summed E-state index contributed by atoms with van der Waals surface area (Å²) >= 11 is 11.8. The zero-order chi connectivity index (χ0) is 13.8. The smallest absolute Gasteiger partial charge is 0.254 e. The van der Waals surface area contributed by atoms with Gasteiger partial charge in [0.15, 0.2) is 0 Å². The van der Waals surface area contributed by atoms with Gasteiger partial charge < -0.3 is 5.32 Å². The summed E-state index contributed by atoms with van der Waals surface area (Å²) in [4.78, 5) is 16.0.